The summed E-state index contributed by atoms with van der Waals surface area (Å²) >= 11 is 0. The van der Waals surface area contributed by atoms with Crippen LogP contribution < -0.4 is 0 Å². The summed E-state index contributed by atoms with van der Waals surface area (Å²) in [7, 11) is 0. The lowest BCUT2D eigenvalue weighted by molar-refractivity contribution is 0.0725. The Balaban J connectivity index is 1.32. The van der Waals surface area contributed by atoms with E-state index in [0.717, 1.165) is 34.5 Å². The summed E-state index contributed by atoms with van der Waals surface area (Å²) in [5.41, 5.74) is 3.32. The van der Waals surface area contributed by atoms with E-state index in [1.807, 2.05) is 35.2 Å². The van der Waals surface area contributed by atoms with Gasteiger partial charge in [-0.2, -0.15) is 0 Å². The molecule has 0 radical (unpaired) electrons. The standard InChI is InChI=1S/C21H21N3O3/c25-21(16-9-15-3-1-2-4-18(15)22-10-16)24-8-7-20-17(11-24)19(23-27-20)13-26-12-14-5-6-14/h1-4,9-10,14H,5-8,11-13H2. The summed E-state index contributed by atoms with van der Waals surface area (Å²) < 4.78 is 11.2. The zero-order valence-corrected chi connectivity index (χ0v) is 15.1. The topological polar surface area (TPSA) is 68.5 Å². The predicted octanol–water partition coefficient (Wildman–Crippen LogP) is 3.35. The molecular formula is C21H21N3O3. The largest absolute Gasteiger partial charge is 0.375 e. The zero-order chi connectivity index (χ0) is 18.2. The first-order valence-corrected chi connectivity index (χ1v) is 9.46. The van der Waals surface area contributed by atoms with Crippen molar-refractivity contribution in [3.63, 3.8) is 0 Å². The lowest BCUT2D eigenvalue weighted by Gasteiger charge is -2.26. The Bertz CT molecular complexity index is 993. The second-order valence-corrected chi connectivity index (χ2v) is 7.38. The van der Waals surface area contributed by atoms with Crippen molar-refractivity contribution in [3.05, 3.63) is 59.1 Å². The molecule has 2 aliphatic rings. The van der Waals surface area contributed by atoms with E-state index in [4.69, 9.17) is 9.26 Å². The predicted molar refractivity (Wildman–Crippen MR) is 99.1 cm³/mol. The second kappa shape index (κ2) is 6.78. The lowest BCUT2D eigenvalue weighted by Crippen LogP contribution is -2.36. The fourth-order valence-corrected chi connectivity index (χ4v) is 3.53. The molecule has 1 aliphatic carbocycles. The number of carbonyl (C=O) groups is 1. The number of para-hydroxylation sites is 1. The average Bonchev–Trinajstić information content (AvgIpc) is 3.46. The number of rotatable bonds is 5. The molecule has 0 unspecified atom stereocenters. The molecule has 138 valence electrons. The number of hydrogen-bond acceptors (Lipinski definition) is 5. The molecule has 0 spiro atoms. The van der Waals surface area contributed by atoms with Crippen LogP contribution in [-0.4, -0.2) is 34.1 Å². The number of hydrogen-bond donors (Lipinski definition) is 0. The van der Waals surface area contributed by atoms with E-state index >= 15 is 0 Å². The quantitative estimate of drug-likeness (QED) is 0.695. The van der Waals surface area contributed by atoms with E-state index < -0.39 is 0 Å². The van der Waals surface area contributed by atoms with Crippen LogP contribution in [0.3, 0.4) is 0 Å². The van der Waals surface area contributed by atoms with Crippen molar-refractivity contribution >= 4 is 16.8 Å². The molecule has 0 N–H and O–H groups in total. The smallest absolute Gasteiger partial charge is 0.255 e. The summed E-state index contributed by atoms with van der Waals surface area (Å²) in [6, 6.07) is 9.73. The second-order valence-electron chi connectivity index (χ2n) is 7.38. The van der Waals surface area contributed by atoms with Gasteiger partial charge in [0, 0.05) is 36.7 Å². The van der Waals surface area contributed by atoms with Crippen molar-refractivity contribution in [2.45, 2.75) is 32.4 Å². The van der Waals surface area contributed by atoms with Crippen LogP contribution in [0.4, 0.5) is 0 Å². The molecule has 27 heavy (non-hydrogen) atoms. The molecule has 1 saturated carbocycles. The highest BCUT2D eigenvalue weighted by atomic mass is 16.5. The first kappa shape index (κ1) is 16.4. The van der Waals surface area contributed by atoms with Crippen LogP contribution in [0.1, 0.15) is 40.2 Å². The van der Waals surface area contributed by atoms with Crippen LogP contribution in [0.2, 0.25) is 0 Å². The Labute approximate surface area is 157 Å². The summed E-state index contributed by atoms with van der Waals surface area (Å²) in [6.07, 6.45) is 4.86. The van der Waals surface area contributed by atoms with E-state index in [1.54, 1.807) is 6.20 Å². The average molecular weight is 363 g/mol. The van der Waals surface area contributed by atoms with Crippen LogP contribution in [0, 0.1) is 5.92 Å². The van der Waals surface area contributed by atoms with Gasteiger partial charge in [0.05, 0.1) is 24.2 Å². The third-order valence-electron chi connectivity index (χ3n) is 5.32. The third kappa shape index (κ3) is 3.32. The minimum Gasteiger partial charge on any atom is -0.375 e. The highest BCUT2D eigenvalue weighted by molar-refractivity contribution is 5.97. The number of fused-ring (bicyclic) bond motifs is 2. The van der Waals surface area contributed by atoms with Gasteiger partial charge in [0.15, 0.2) is 0 Å². The Kier molecular flexibility index (Phi) is 4.13. The van der Waals surface area contributed by atoms with Gasteiger partial charge in [-0.3, -0.25) is 9.78 Å². The Morgan fingerprint density at radius 2 is 2.19 bits per heavy atom. The minimum absolute atomic E-state index is 0.00930. The molecule has 0 atom stereocenters. The molecule has 5 rings (SSSR count). The van der Waals surface area contributed by atoms with Crippen LogP contribution in [0.25, 0.3) is 10.9 Å². The van der Waals surface area contributed by atoms with Gasteiger partial charge in [0.25, 0.3) is 5.91 Å². The summed E-state index contributed by atoms with van der Waals surface area (Å²) in [4.78, 5) is 19.3. The van der Waals surface area contributed by atoms with Gasteiger partial charge in [-0.25, -0.2) is 0 Å². The van der Waals surface area contributed by atoms with Crippen molar-refractivity contribution in [1.29, 1.82) is 0 Å². The van der Waals surface area contributed by atoms with Crippen molar-refractivity contribution in [3.8, 4) is 0 Å². The highest BCUT2D eigenvalue weighted by Gasteiger charge is 2.28. The number of aromatic nitrogens is 2. The molecule has 1 aromatic carbocycles. The van der Waals surface area contributed by atoms with E-state index in [-0.39, 0.29) is 5.91 Å². The van der Waals surface area contributed by atoms with E-state index in [2.05, 4.69) is 10.1 Å². The molecular weight excluding hydrogens is 342 g/mol. The number of amides is 1. The zero-order valence-electron chi connectivity index (χ0n) is 15.1. The van der Waals surface area contributed by atoms with Crippen LogP contribution in [-0.2, 0) is 24.3 Å². The molecule has 2 aromatic heterocycles. The fourth-order valence-electron chi connectivity index (χ4n) is 3.53. The first-order chi connectivity index (χ1) is 13.3. The maximum absolute atomic E-state index is 13.0. The molecule has 1 fully saturated rings. The van der Waals surface area contributed by atoms with Gasteiger partial charge in [-0.15, -0.1) is 0 Å². The van der Waals surface area contributed by atoms with Gasteiger partial charge in [-0.05, 0) is 30.9 Å². The SMILES string of the molecule is O=C(c1cnc2ccccc2c1)N1CCc2onc(COCC3CC3)c2C1. The van der Waals surface area contributed by atoms with Crippen LogP contribution in [0.5, 0.6) is 0 Å². The van der Waals surface area contributed by atoms with Crippen LogP contribution in [0.15, 0.2) is 41.1 Å². The third-order valence-corrected chi connectivity index (χ3v) is 5.32. The molecule has 0 bridgehead atoms. The Morgan fingerprint density at radius 1 is 1.30 bits per heavy atom. The van der Waals surface area contributed by atoms with E-state index in [1.165, 1.54) is 12.8 Å². The monoisotopic (exact) mass is 363 g/mol. The molecule has 3 heterocycles. The van der Waals surface area contributed by atoms with Crippen molar-refractivity contribution in [2.75, 3.05) is 13.2 Å². The molecule has 1 aliphatic heterocycles. The normalized spacial score (nSPS) is 16.5. The number of ether oxygens (including phenoxy) is 1. The summed E-state index contributed by atoms with van der Waals surface area (Å²) in [5, 5.41) is 5.14. The lowest BCUT2D eigenvalue weighted by atomic mass is 10.0. The summed E-state index contributed by atoms with van der Waals surface area (Å²) in [6.45, 7) is 2.37. The molecule has 0 saturated heterocycles. The Hall–Kier alpha value is -2.73. The molecule has 6 nitrogen and oxygen atoms in total. The first-order valence-electron chi connectivity index (χ1n) is 9.46. The van der Waals surface area contributed by atoms with Crippen LogP contribution >= 0.6 is 0 Å². The van der Waals surface area contributed by atoms with Gasteiger partial charge in [0.2, 0.25) is 0 Å². The fraction of sp³-hybridized carbons (Fsp3) is 0.381. The maximum Gasteiger partial charge on any atom is 0.255 e. The molecule has 1 amide bonds. The van der Waals surface area contributed by atoms with Crippen molar-refractivity contribution in [1.82, 2.24) is 15.0 Å². The van der Waals surface area contributed by atoms with Gasteiger partial charge in [0.1, 0.15) is 11.5 Å². The number of benzene rings is 1. The molecule has 3 aromatic rings. The number of nitrogens with zero attached hydrogens (tertiary/aromatic N) is 3. The number of carbonyl (C=O) groups excluding carboxylic acids is 1. The van der Waals surface area contributed by atoms with Gasteiger partial charge >= 0.3 is 0 Å². The van der Waals surface area contributed by atoms with E-state index in [9.17, 15) is 4.79 Å². The highest BCUT2D eigenvalue weighted by Crippen LogP contribution is 2.30. The van der Waals surface area contributed by atoms with Gasteiger partial charge < -0.3 is 14.2 Å². The van der Waals surface area contributed by atoms with Crippen molar-refractivity contribution in [2.24, 2.45) is 5.92 Å². The maximum atomic E-state index is 13.0. The summed E-state index contributed by atoms with van der Waals surface area (Å²) in [5.74, 6) is 1.58. The molecule has 6 heteroatoms. The Morgan fingerprint density at radius 3 is 3.07 bits per heavy atom. The van der Waals surface area contributed by atoms with E-state index in [0.29, 0.717) is 37.6 Å². The number of pyridine rings is 1. The minimum atomic E-state index is -0.00930. The van der Waals surface area contributed by atoms with Gasteiger partial charge in [-0.1, -0.05) is 23.4 Å². The van der Waals surface area contributed by atoms with Crippen molar-refractivity contribution < 1.29 is 14.1 Å².